The first-order chi connectivity index (χ1) is 11.6. The number of carbonyl (C=O) groups excluding carboxylic acids is 2. The zero-order chi connectivity index (χ0) is 17.1. The lowest BCUT2D eigenvalue weighted by Gasteiger charge is -2.31. The van der Waals surface area contributed by atoms with E-state index in [1.807, 2.05) is 11.8 Å². The minimum Gasteiger partial charge on any atom is -0.469 e. The van der Waals surface area contributed by atoms with Crippen LogP contribution in [-0.2, 0) is 16.0 Å². The number of carbonyl (C=O) groups is 2. The first-order valence-electron chi connectivity index (χ1n) is 7.93. The number of hydrogen-bond donors (Lipinski definition) is 0. The van der Waals surface area contributed by atoms with E-state index < -0.39 is 5.97 Å². The zero-order valence-corrected chi connectivity index (χ0v) is 14.6. The van der Waals surface area contributed by atoms with Crippen LogP contribution in [0.3, 0.4) is 0 Å². The normalized spacial score (nSPS) is 15.5. The first-order valence-corrected chi connectivity index (χ1v) is 8.81. The number of furan rings is 1. The van der Waals surface area contributed by atoms with Gasteiger partial charge in [0.2, 0.25) is 0 Å². The molecule has 0 N–H and O–H groups in total. The van der Waals surface area contributed by atoms with Crippen molar-refractivity contribution in [3.8, 4) is 0 Å². The maximum absolute atomic E-state index is 12.7. The maximum Gasteiger partial charge on any atom is 0.313 e. The van der Waals surface area contributed by atoms with Gasteiger partial charge in [-0.3, -0.25) is 9.59 Å². The Kier molecular flexibility index (Phi) is 4.99. The summed E-state index contributed by atoms with van der Waals surface area (Å²) in [5.74, 6) is 0.282. The van der Waals surface area contributed by atoms with Crippen LogP contribution in [-0.4, -0.2) is 42.0 Å². The summed E-state index contributed by atoms with van der Waals surface area (Å²) >= 11 is 1.69. The highest BCUT2D eigenvalue weighted by atomic mass is 32.1. The number of aromatic nitrogens is 1. The zero-order valence-electron chi connectivity index (χ0n) is 13.8. The Morgan fingerprint density at radius 3 is 2.79 bits per heavy atom. The van der Waals surface area contributed by atoms with Crippen LogP contribution in [0.4, 0.5) is 0 Å². The van der Waals surface area contributed by atoms with Gasteiger partial charge >= 0.3 is 5.97 Å². The molecule has 1 fully saturated rings. The average molecular weight is 348 g/mol. The molecule has 1 aliphatic heterocycles. The number of methoxy groups -OCH3 is 1. The Balaban J connectivity index is 1.63. The fourth-order valence-electron chi connectivity index (χ4n) is 2.93. The molecule has 0 unspecified atom stereocenters. The van der Waals surface area contributed by atoms with E-state index in [4.69, 9.17) is 4.42 Å². The van der Waals surface area contributed by atoms with Crippen molar-refractivity contribution in [1.29, 1.82) is 0 Å². The van der Waals surface area contributed by atoms with Crippen LogP contribution in [0.25, 0.3) is 0 Å². The van der Waals surface area contributed by atoms with Gasteiger partial charge < -0.3 is 14.1 Å². The summed E-state index contributed by atoms with van der Waals surface area (Å²) in [6.45, 7) is 3.37. The molecule has 3 heterocycles. The molecular weight excluding hydrogens is 328 g/mol. The van der Waals surface area contributed by atoms with E-state index in [-0.39, 0.29) is 12.3 Å². The highest BCUT2D eigenvalue weighted by Gasteiger charge is 2.28. The number of esters is 1. The number of thiazole rings is 1. The summed E-state index contributed by atoms with van der Waals surface area (Å²) in [6, 6.07) is 1.62. The topological polar surface area (TPSA) is 72.6 Å². The van der Waals surface area contributed by atoms with Crippen molar-refractivity contribution < 1.29 is 18.7 Å². The molecule has 1 amide bonds. The molecule has 0 bridgehead atoms. The molecule has 0 aromatic carbocycles. The van der Waals surface area contributed by atoms with Crippen LogP contribution in [0.2, 0.25) is 0 Å². The van der Waals surface area contributed by atoms with Gasteiger partial charge in [0, 0.05) is 30.1 Å². The number of amides is 1. The molecule has 0 spiro atoms. The minimum absolute atomic E-state index is 0.0283. The van der Waals surface area contributed by atoms with Crippen molar-refractivity contribution in [2.24, 2.45) is 0 Å². The van der Waals surface area contributed by atoms with Gasteiger partial charge in [0.15, 0.2) is 0 Å². The van der Waals surface area contributed by atoms with Crippen LogP contribution in [0, 0.1) is 6.92 Å². The quantitative estimate of drug-likeness (QED) is 0.795. The fourth-order valence-corrected chi connectivity index (χ4v) is 3.90. The molecule has 0 aliphatic carbocycles. The maximum atomic E-state index is 12.7. The van der Waals surface area contributed by atoms with E-state index in [2.05, 4.69) is 15.1 Å². The Hall–Kier alpha value is -2.15. The predicted molar refractivity (Wildman–Crippen MR) is 89.2 cm³/mol. The first kappa shape index (κ1) is 16.7. The van der Waals surface area contributed by atoms with Gasteiger partial charge in [-0.1, -0.05) is 0 Å². The lowest BCUT2D eigenvalue weighted by Crippen LogP contribution is -2.38. The summed E-state index contributed by atoms with van der Waals surface area (Å²) in [5, 5.41) is 3.23. The molecule has 24 heavy (non-hydrogen) atoms. The van der Waals surface area contributed by atoms with Crippen molar-refractivity contribution in [2.45, 2.75) is 32.1 Å². The highest BCUT2D eigenvalue weighted by molar-refractivity contribution is 7.09. The third-order valence-corrected chi connectivity index (χ3v) is 5.40. The standard InChI is InChI=1S/C17H20N2O4S/c1-11-10-24-16(18-11)12-3-6-19(7-4-12)17(21)13-5-8-23-14(13)9-15(20)22-2/h5,8,10,12H,3-4,6-7,9H2,1-2H3. The van der Waals surface area contributed by atoms with E-state index >= 15 is 0 Å². The van der Waals surface area contributed by atoms with Crippen LogP contribution < -0.4 is 0 Å². The summed E-state index contributed by atoms with van der Waals surface area (Å²) in [7, 11) is 1.32. The van der Waals surface area contributed by atoms with Gasteiger partial charge in [-0.15, -0.1) is 11.3 Å². The highest BCUT2D eigenvalue weighted by Crippen LogP contribution is 2.31. The molecular formula is C17H20N2O4S. The van der Waals surface area contributed by atoms with E-state index in [1.165, 1.54) is 13.4 Å². The number of piperidine rings is 1. The molecule has 7 heteroatoms. The fraction of sp³-hybridized carbons (Fsp3) is 0.471. The van der Waals surface area contributed by atoms with Crippen LogP contribution in [0.1, 0.15) is 45.6 Å². The van der Waals surface area contributed by atoms with Gasteiger partial charge in [0.05, 0.1) is 23.9 Å². The van der Waals surface area contributed by atoms with Gasteiger partial charge in [0.1, 0.15) is 12.2 Å². The van der Waals surface area contributed by atoms with Gasteiger partial charge in [0.25, 0.3) is 5.91 Å². The third-order valence-electron chi connectivity index (χ3n) is 4.28. The number of hydrogen-bond acceptors (Lipinski definition) is 6. The molecule has 0 saturated carbocycles. The Morgan fingerprint density at radius 1 is 1.42 bits per heavy atom. The summed E-state index contributed by atoms with van der Waals surface area (Å²) < 4.78 is 9.92. The van der Waals surface area contributed by atoms with E-state index in [0.717, 1.165) is 23.5 Å². The molecule has 1 aliphatic rings. The second-order valence-electron chi connectivity index (χ2n) is 5.90. The SMILES string of the molecule is COC(=O)Cc1occc1C(=O)N1CCC(c2nc(C)cs2)CC1. The largest absolute Gasteiger partial charge is 0.469 e. The molecule has 0 radical (unpaired) electrons. The van der Waals surface area contributed by atoms with Crippen LogP contribution in [0.15, 0.2) is 22.1 Å². The van der Waals surface area contributed by atoms with Crippen molar-refractivity contribution in [3.63, 3.8) is 0 Å². The minimum atomic E-state index is -0.420. The van der Waals surface area contributed by atoms with Crippen molar-refractivity contribution >= 4 is 23.2 Å². The molecule has 0 atom stereocenters. The van der Waals surface area contributed by atoms with Gasteiger partial charge in [-0.25, -0.2) is 4.98 Å². The number of nitrogens with zero attached hydrogens (tertiary/aromatic N) is 2. The predicted octanol–water partition coefficient (Wildman–Crippen LogP) is 2.78. The molecule has 2 aromatic heterocycles. The molecule has 6 nitrogen and oxygen atoms in total. The Bertz CT molecular complexity index is 729. The second kappa shape index (κ2) is 7.17. The van der Waals surface area contributed by atoms with Crippen LogP contribution >= 0.6 is 11.3 Å². The van der Waals surface area contributed by atoms with E-state index in [1.54, 1.807) is 17.4 Å². The van der Waals surface area contributed by atoms with Crippen molar-refractivity contribution in [3.05, 3.63) is 39.7 Å². The number of aryl methyl sites for hydroxylation is 1. The molecule has 3 rings (SSSR count). The number of likely N-dealkylation sites (tertiary alicyclic amines) is 1. The monoisotopic (exact) mass is 348 g/mol. The lowest BCUT2D eigenvalue weighted by atomic mass is 9.97. The van der Waals surface area contributed by atoms with Gasteiger partial charge in [-0.2, -0.15) is 0 Å². The van der Waals surface area contributed by atoms with Crippen molar-refractivity contribution in [1.82, 2.24) is 9.88 Å². The third kappa shape index (κ3) is 3.51. The lowest BCUT2D eigenvalue weighted by molar-refractivity contribution is -0.140. The van der Waals surface area contributed by atoms with E-state index in [9.17, 15) is 9.59 Å². The number of ether oxygens (including phenoxy) is 1. The van der Waals surface area contributed by atoms with Crippen LogP contribution in [0.5, 0.6) is 0 Å². The molecule has 128 valence electrons. The smallest absolute Gasteiger partial charge is 0.313 e. The number of rotatable bonds is 4. The van der Waals surface area contributed by atoms with Gasteiger partial charge in [-0.05, 0) is 25.8 Å². The molecule has 1 saturated heterocycles. The summed E-state index contributed by atoms with van der Waals surface area (Å²) in [5.41, 5.74) is 1.50. The molecule has 2 aromatic rings. The summed E-state index contributed by atoms with van der Waals surface area (Å²) in [4.78, 5) is 30.5. The van der Waals surface area contributed by atoms with E-state index in [0.29, 0.717) is 30.3 Å². The summed E-state index contributed by atoms with van der Waals surface area (Å²) in [6.07, 6.45) is 3.22. The second-order valence-corrected chi connectivity index (χ2v) is 6.79. The van der Waals surface area contributed by atoms with Crippen molar-refractivity contribution in [2.75, 3.05) is 20.2 Å². The Labute approximate surface area is 144 Å². The average Bonchev–Trinajstić information content (AvgIpc) is 3.23. The Morgan fingerprint density at radius 2 is 2.17 bits per heavy atom.